The highest BCUT2D eigenvalue weighted by Gasteiger charge is 2.05. The van der Waals surface area contributed by atoms with Gasteiger partial charge in [0, 0.05) is 25.6 Å². The molecule has 0 amide bonds. The van der Waals surface area contributed by atoms with Crippen molar-refractivity contribution in [1.29, 1.82) is 0 Å². The van der Waals surface area contributed by atoms with Crippen molar-refractivity contribution >= 4 is 5.84 Å². The van der Waals surface area contributed by atoms with Gasteiger partial charge in [-0.3, -0.25) is 4.99 Å². The fraction of sp³-hybridized carbons (Fsp3) is 0.462. The lowest BCUT2D eigenvalue weighted by molar-refractivity contribution is 0.579. The van der Waals surface area contributed by atoms with Crippen molar-refractivity contribution in [1.82, 2.24) is 5.32 Å². The third-order valence-electron chi connectivity index (χ3n) is 2.79. The van der Waals surface area contributed by atoms with Crippen LogP contribution in [0.2, 0.25) is 0 Å². The molecule has 2 nitrogen and oxygen atoms in total. The Balaban J connectivity index is 1.83. The van der Waals surface area contributed by atoms with Gasteiger partial charge in [0.15, 0.2) is 0 Å². The van der Waals surface area contributed by atoms with Gasteiger partial charge in [-0.25, -0.2) is 8.78 Å². The molecule has 1 aromatic carbocycles. The van der Waals surface area contributed by atoms with Crippen molar-refractivity contribution in [2.45, 2.75) is 25.7 Å². The lowest BCUT2D eigenvalue weighted by Gasteiger charge is -2.13. The largest absolute Gasteiger partial charge is 0.374 e. The van der Waals surface area contributed by atoms with E-state index in [1.807, 2.05) is 0 Å². The van der Waals surface area contributed by atoms with Crippen molar-refractivity contribution in [3.8, 4) is 0 Å². The molecule has 0 saturated carbocycles. The zero-order chi connectivity index (χ0) is 12.1. The van der Waals surface area contributed by atoms with Crippen molar-refractivity contribution in [2.75, 3.05) is 13.1 Å². The average Bonchev–Trinajstić information content (AvgIpc) is 2.29. The number of hydrogen-bond donors (Lipinski definition) is 1. The summed E-state index contributed by atoms with van der Waals surface area (Å²) in [6.45, 7) is 1.55. The summed E-state index contributed by atoms with van der Waals surface area (Å²) in [5.74, 6) is -0.0156. The summed E-state index contributed by atoms with van der Waals surface area (Å²) < 4.78 is 25.9. The van der Waals surface area contributed by atoms with Crippen LogP contribution in [0.4, 0.5) is 8.78 Å². The molecule has 92 valence electrons. The molecule has 0 saturated heterocycles. The van der Waals surface area contributed by atoms with E-state index in [2.05, 4.69) is 10.3 Å². The Bertz CT molecular complexity index is 396. The highest BCUT2D eigenvalue weighted by atomic mass is 19.1. The zero-order valence-corrected chi connectivity index (χ0v) is 9.68. The van der Waals surface area contributed by atoms with Crippen molar-refractivity contribution in [2.24, 2.45) is 4.99 Å². The van der Waals surface area contributed by atoms with E-state index in [-0.39, 0.29) is 0 Å². The SMILES string of the molecule is Fc1cc(F)cc(CCNC2=NCCCC2)c1. The smallest absolute Gasteiger partial charge is 0.126 e. The lowest BCUT2D eigenvalue weighted by atomic mass is 10.1. The summed E-state index contributed by atoms with van der Waals surface area (Å²) in [7, 11) is 0. The number of halogens is 2. The number of rotatable bonds is 3. The first-order chi connectivity index (χ1) is 8.24. The predicted molar refractivity (Wildman–Crippen MR) is 64.2 cm³/mol. The maximum Gasteiger partial charge on any atom is 0.126 e. The van der Waals surface area contributed by atoms with Crippen LogP contribution in [-0.2, 0) is 6.42 Å². The van der Waals surface area contributed by atoms with Gasteiger partial charge in [0.05, 0.1) is 5.84 Å². The van der Waals surface area contributed by atoms with E-state index in [4.69, 9.17) is 0 Å². The molecule has 2 rings (SSSR count). The second-order valence-corrected chi connectivity index (χ2v) is 4.24. The summed E-state index contributed by atoms with van der Waals surface area (Å²) in [5, 5.41) is 3.21. The molecular formula is C13H16F2N2. The molecule has 1 aliphatic heterocycles. The summed E-state index contributed by atoms with van der Waals surface area (Å²) in [6.07, 6.45) is 3.91. The summed E-state index contributed by atoms with van der Waals surface area (Å²) >= 11 is 0. The molecule has 1 aromatic rings. The Morgan fingerprint density at radius 3 is 2.53 bits per heavy atom. The Labute approximate surface area is 99.8 Å². The lowest BCUT2D eigenvalue weighted by Crippen LogP contribution is -2.27. The summed E-state index contributed by atoms with van der Waals surface area (Å²) in [5.41, 5.74) is 0.673. The minimum Gasteiger partial charge on any atom is -0.374 e. The molecule has 0 aromatic heterocycles. The van der Waals surface area contributed by atoms with Crippen molar-refractivity contribution < 1.29 is 8.78 Å². The van der Waals surface area contributed by atoms with E-state index in [0.717, 1.165) is 31.3 Å². The Kier molecular flexibility index (Phi) is 4.07. The Morgan fingerprint density at radius 2 is 1.88 bits per heavy atom. The van der Waals surface area contributed by atoms with Gasteiger partial charge in [-0.2, -0.15) is 0 Å². The number of benzene rings is 1. The van der Waals surface area contributed by atoms with Crippen LogP contribution in [0, 0.1) is 11.6 Å². The van der Waals surface area contributed by atoms with E-state index in [9.17, 15) is 8.78 Å². The average molecular weight is 238 g/mol. The maximum atomic E-state index is 12.9. The highest BCUT2D eigenvalue weighted by molar-refractivity contribution is 5.82. The Morgan fingerprint density at radius 1 is 1.12 bits per heavy atom. The minimum atomic E-state index is -0.519. The minimum absolute atomic E-state index is 0.519. The highest BCUT2D eigenvalue weighted by Crippen LogP contribution is 2.08. The van der Waals surface area contributed by atoms with Gasteiger partial charge in [-0.1, -0.05) is 0 Å². The number of nitrogens with one attached hydrogen (secondary N) is 1. The van der Waals surface area contributed by atoms with Gasteiger partial charge in [0.2, 0.25) is 0 Å². The first-order valence-corrected chi connectivity index (χ1v) is 5.96. The monoisotopic (exact) mass is 238 g/mol. The van der Waals surface area contributed by atoms with Crippen LogP contribution in [0.15, 0.2) is 23.2 Å². The van der Waals surface area contributed by atoms with Gasteiger partial charge in [-0.15, -0.1) is 0 Å². The molecular weight excluding hydrogens is 222 g/mol. The van der Waals surface area contributed by atoms with Crippen LogP contribution in [0.1, 0.15) is 24.8 Å². The van der Waals surface area contributed by atoms with Gasteiger partial charge < -0.3 is 5.32 Å². The van der Waals surface area contributed by atoms with Gasteiger partial charge in [-0.05, 0) is 37.0 Å². The molecule has 1 aliphatic rings. The predicted octanol–water partition coefficient (Wildman–Crippen LogP) is 2.68. The third kappa shape index (κ3) is 3.80. The first kappa shape index (κ1) is 12.0. The second-order valence-electron chi connectivity index (χ2n) is 4.24. The van der Waals surface area contributed by atoms with Crippen LogP contribution in [0.5, 0.6) is 0 Å². The Hall–Kier alpha value is -1.45. The second kappa shape index (κ2) is 5.75. The van der Waals surface area contributed by atoms with E-state index < -0.39 is 11.6 Å². The van der Waals surface area contributed by atoms with Crippen LogP contribution in [0.3, 0.4) is 0 Å². The molecule has 17 heavy (non-hydrogen) atoms. The van der Waals surface area contributed by atoms with E-state index in [1.165, 1.54) is 18.6 Å². The molecule has 0 unspecified atom stereocenters. The summed E-state index contributed by atoms with van der Waals surface area (Å²) in [4.78, 5) is 4.35. The quantitative estimate of drug-likeness (QED) is 0.860. The normalized spacial score (nSPS) is 15.5. The molecule has 1 N–H and O–H groups in total. The standard InChI is InChI=1S/C13H16F2N2/c14-11-7-10(8-12(15)9-11)4-6-17-13-3-1-2-5-16-13/h7-9H,1-6H2,(H,16,17). The molecule has 0 spiro atoms. The van der Waals surface area contributed by atoms with E-state index >= 15 is 0 Å². The van der Waals surface area contributed by atoms with Gasteiger partial charge in [0.25, 0.3) is 0 Å². The number of amidine groups is 1. The van der Waals surface area contributed by atoms with Gasteiger partial charge in [0.1, 0.15) is 11.6 Å². The number of hydrogen-bond acceptors (Lipinski definition) is 2. The molecule has 1 heterocycles. The number of aliphatic imine (C=N–C) groups is 1. The van der Waals surface area contributed by atoms with Crippen molar-refractivity contribution in [3.05, 3.63) is 35.4 Å². The molecule has 0 bridgehead atoms. The maximum absolute atomic E-state index is 12.9. The third-order valence-corrected chi connectivity index (χ3v) is 2.79. The van der Waals surface area contributed by atoms with Crippen LogP contribution in [-0.4, -0.2) is 18.9 Å². The molecule has 0 atom stereocenters. The van der Waals surface area contributed by atoms with E-state index in [0.29, 0.717) is 18.5 Å². The molecule has 0 radical (unpaired) electrons. The van der Waals surface area contributed by atoms with Crippen LogP contribution in [0.25, 0.3) is 0 Å². The zero-order valence-electron chi connectivity index (χ0n) is 9.68. The van der Waals surface area contributed by atoms with Crippen LogP contribution < -0.4 is 5.32 Å². The fourth-order valence-electron chi connectivity index (χ4n) is 1.95. The topological polar surface area (TPSA) is 24.4 Å². The fourth-order valence-corrected chi connectivity index (χ4v) is 1.95. The van der Waals surface area contributed by atoms with E-state index in [1.54, 1.807) is 0 Å². The molecule has 4 heteroatoms. The number of nitrogens with zero attached hydrogens (tertiary/aromatic N) is 1. The first-order valence-electron chi connectivity index (χ1n) is 5.96. The summed E-state index contributed by atoms with van der Waals surface area (Å²) in [6, 6.07) is 3.63. The van der Waals surface area contributed by atoms with Gasteiger partial charge >= 0.3 is 0 Å². The molecule has 0 aliphatic carbocycles. The van der Waals surface area contributed by atoms with Crippen LogP contribution >= 0.6 is 0 Å². The van der Waals surface area contributed by atoms with Crippen molar-refractivity contribution in [3.63, 3.8) is 0 Å². The molecule has 0 fully saturated rings.